The summed E-state index contributed by atoms with van der Waals surface area (Å²) in [6.07, 6.45) is -2.24. The molecule has 1 aromatic rings. The van der Waals surface area contributed by atoms with E-state index in [2.05, 4.69) is 0 Å². The number of halogens is 4. The molecule has 0 aliphatic heterocycles. The summed E-state index contributed by atoms with van der Waals surface area (Å²) < 4.78 is 24.5. The average Bonchev–Trinajstić information content (AvgIpc) is 2.02. The summed E-state index contributed by atoms with van der Waals surface area (Å²) in [5, 5.41) is -0.380. The Hall–Kier alpha value is -0.670. The highest BCUT2D eigenvalue weighted by atomic mass is 35.5. The Balaban J connectivity index is 3.31. The maximum Gasteiger partial charge on any atom is 0.266 e. The molecule has 13 heavy (non-hydrogen) atoms. The molecule has 0 saturated heterocycles. The first-order chi connectivity index (χ1) is 6.06. The normalized spacial score (nSPS) is 10.5. The minimum absolute atomic E-state index is 0.180. The molecular weight excluding hydrogens is 221 g/mol. The standard InChI is InChI=1S/C8H4Cl2F2O/c9-5-1-4(3-13)2-6(10)7(5)8(11)12/h1-3,8H. The van der Waals surface area contributed by atoms with Gasteiger partial charge in [0.25, 0.3) is 6.43 Å². The van der Waals surface area contributed by atoms with Crippen LogP contribution in [-0.4, -0.2) is 6.29 Å². The van der Waals surface area contributed by atoms with Gasteiger partial charge < -0.3 is 0 Å². The van der Waals surface area contributed by atoms with Crippen molar-refractivity contribution in [3.05, 3.63) is 33.3 Å². The van der Waals surface area contributed by atoms with Crippen LogP contribution in [0, 0.1) is 0 Å². The van der Waals surface area contributed by atoms with E-state index in [9.17, 15) is 13.6 Å². The van der Waals surface area contributed by atoms with E-state index in [1.807, 2.05) is 0 Å². The SMILES string of the molecule is O=Cc1cc(Cl)c(C(F)F)c(Cl)c1. The number of hydrogen-bond acceptors (Lipinski definition) is 1. The molecule has 0 aliphatic rings. The number of aldehydes is 1. The molecule has 0 unspecified atom stereocenters. The van der Waals surface area contributed by atoms with Gasteiger partial charge in [0.2, 0.25) is 0 Å². The van der Waals surface area contributed by atoms with Crippen LogP contribution in [0.25, 0.3) is 0 Å². The highest BCUT2D eigenvalue weighted by Crippen LogP contribution is 2.34. The van der Waals surface area contributed by atoms with Crippen LogP contribution in [0.5, 0.6) is 0 Å². The van der Waals surface area contributed by atoms with Crippen LogP contribution in [0.4, 0.5) is 8.78 Å². The fraction of sp³-hybridized carbons (Fsp3) is 0.125. The molecule has 5 heteroatoms. The van der Waals surface area contributed by atoms with E-state index in [-0.39, 0.29) is 15.6 Å². The zero-order chi connectivity index (χ0) is 10.0. The minimum atomic E-state index is -2.74. The maximum absolute atomic E-state index is 12.3. The van der Waals surface area contributed by atoms with Gasteiger partial charge in [0.05, 0.1) is 15.6 Å². The minimum Gasteiger partial charge on any atom is -0.298 e. The smallest absolute Gasteiger partial charge is 0.266 e. The van der Waals surface area contributed by atoms with Crippen LogP contribution in [0.15, 0.2) is 12.1 Å². The second kappa shape index (κ2) is 4.03. The van der Waals surface area contributed by atoms with E-state index in [4.69, 9.17) is 23.2 Å². The van der Waals surface area contributed by atoms with Crippen LogP contribution >= 0.6 is 23.2 Å². The van der Waals surface area contributed by atoms with E-state index >= 15 is 0 Å². The summed E-state index contributed by atoms with van der Waals surface area (Å²) in [6, 6.07) is 2.31. The number of rotatable bonds is 2. The van der Waals surface area contributed by atoms with Crippen LogP contribution < -0.4 is 0 Å². The van der Waals surface area contributed by atoms with Crippen LogP contribution in [0.2, 0.25) is 10.0 Å². The first kappa shape index (κ1) is 10.4. The van der Waals surface area contributed by atoms with Crippen molar-refractivity contribution >= 4 is 29.5 Å². The number of hydrogen-bond donors (Lipinski definition) is 0. The Morgan fingerprint density at radius 1 is 1.23 bits per heavy atom. The lowest BCUT2D eigenvalue weighted by atomic mass is 10.1. The van der Waals surface area contributed by atoms with E-state index in [1.54, 1.807) is 0 Å². The highest BCUT2D eigenvalue weighted by Gasteiger charge is 2.16. The Morgan fingerprint density at radius 3 is 2.00 bits per heavy atom. The first-order valence-electron chi connectivity index (χ1n) is 3.28. The Bertz CT molecular complexity index is 316. The predicted molar refractivity (Wildman–Crippen MR) is 46.8 cm³/mol. The van der Waals surface area contributed by atoms with Gasteiger partial charge in [-0.2, -0.15) is 0 Å². The summed E-state index contributed by atoms with van der Waals surface area (Å²) in [5.74, 6) is 0. The fourth-order valence-corrected chi connectivity index (χ4v) is 1.55. The van der Waals surface area contributed by atoms with Gasteiger partial charge in [-0.15, -0.1) is 0 Å². The van der Waals surface area contributed by atoms with Gasteiger partial charge in [0, 0.05) is 5.56 Å². The first-order valence-corrected chi connectivity index (χ1v) is 4.04. The zero-order valence-electron chi connectivity index (χ0n) is 6.23. The second-order valence-electron chi connectivity index (χ2n) is 2.32. The molecule has 0 fully saturated rings. The van der Waals surface area contributed by atoms with Crippen molar-refractivity contribution in [1.29, 1.82) is 0 Å². The molecule has 0 aromatic heterocycles. The van der Waals surface area contributed by atoms with E-state index in [0.717, 1.165) is 12.1 Å². The van der Waals surface area contributed by atoms with Gasteiger partial charge in [0.15, 0.2) is 0 Å². The summed E-state index contributed by atoms with van der Waals surface area (Å²) >= 11 is 11.0. The van der Waals surface area contributed by atoms with Gasteiger partial charge >= 0.3 is 0 Å². The van der Waals surface area contributed by atoms with E-state index in [1.165, 1.54) is 0 Å². The lowest BCUT2D eigenvalue weighted by Gasteiger charge is -2.05. The molecule has 0 atom stereocenters. The molecule has 0 saturated carbocycles. The van der Waals surface area contributed by atoms with Crippen LogP contribution in [-0.2, 0) is 0 Å². The van der Waals surface area contributed by atoms with E-state index < -0.39 is 12.0 Å². The zero-order valence-corrected chi connectivity index (χ0v) is 7.74. The van der Waals surface area contributed by atoms with E-state index in [0.29, 0.717) is 6.29 Å². The highest BCUT2D eigenvalue weighted by molar-refractivity contribution is 6.36. The molecular formula is C8H4Cl2F2O. The predicted octanol–water partition coefficient (Wildman–Crippen LogP) is 3.74. The summed E-state index contributed by atoms with van der Waals surface area (Å²) in [4.78, 5) is 10.3. The molecule has 1 aromatic carbocycles. The van der Waals surface area contributed by atoms with Gasteiger partial charge in [0.1, 0.15) is 6.29 Å². The number of carbonyl (C=O) groups excluding carboxylic acids is 1. The Morgan fingerprint density at radius 2 is 1.69 bits per heavy atom. The van der Waals surface area contributed by atoms with Gasteiger partial charge in [-0.05, 0) is 12.1 Å². The molecule has 0 N–H and O–H groups in total. The number of alkyl halides is 2. The van der Waals surface area contributed by atoms with Crippen molar-refractivity contribution in [2.24, 2.45) is 0 Å². The molecule has 0 amide bonds. The lowest BCUT2D eigenvalue weighted by Crippen LogP contribution is -1.90. The summed E-state index contributed by atoms with van der Waals surface area (Å²) in [7, 11) is 0. The quantitative estimate of drug-likeness (QED) is 0.700. The Labute approximate surface area is 83.3 Å². The molecule has 0 spiro atoms. The number of carbonyl (C=O) groups is 1. The van der Waals surface area contributed by atoms with Crippen molar-refractivity contribution in [2.45, 2.75) is 6.43 Å². The molecule has 0 aliphatic carbocycles. The monoisotopic (exact) mass is 224 g/mol. The molecule has 0 heterocycles. The summed E-state index contributed by atoms with van der Waals surface area (Å²) in [6.45, 7) is 0. The van der Waals surface area contributed by atoms with Gasteiger partial charge in [-0.25, -0.2) is 8.78 Å². The van der Waals surface area contributed by atoms with Crippen molar-refractivity contribution in [3.8, 4) is 0 Å². The number of benzene rings is 1. The van der Waals surface area contributed by atoms with Gasteiger partial charge in [-0.3, -0.25) is 4.79 Å². The van der Waals surface area contributed by atoms with Crippen LogP contribution in [0.3, 0.4) is 0 Å². The van der Waals surface area contributed by atoms with Crippen molar-refractivity contribution in [1.82, 2.24) is 0 Å². The Kier molecular flexibility index (Phi) is 3.22. The topological polar surface area (TPSA) is 17.1 Å². The summed E-state index contributed by atoms with van der Waals surface area (Å²) in [5.41, 5.74) is -0.256. The van der Waals surface area contributed by atoms with Crippen molar-refractivity contribution in [2.75, 3.05) is 0 Å². The fourth-order valence-electron chi connectivity index (χ4n) is 0.880. The maximum atomic E-state index is 12.3. The second-order valence-corrected chi connectivity index (χ2v) is 3.13. The van der Waals surface area contributed by atoms with Gasteiger partial charge in [-0.1, -0.05) is 23.2 Å². The average molecular weight is 225 g/mol. The molecule has 1 nitrogen and oxygen atoms in total. The third-order valence-electron chi connectivity index (χ3n) is 1.46. The van der Waals surface area contributed by atoms with Crippen LogP contribution in [0.1, 0.15) is 22.3 Å². The lowest BCUT2D eigenvalue weighted by molar-refractivity contribution is 0.112. The molecule has 0 bridgehead atoms. The van der Waals surface area contributed by atoms with Crippen molar-refractivity contribution < 1.29 is 13.6 Å². The molecule has 1 rings (SSSR count). The third-order valence-corrected chi connectivity index (χ3v) is 2.08. The molecule has 70 valence electrons. The molecule has 0 radical (unpaired) electrons. The van der Waals surface area contributed by atoms with Crippen molar-refractivity contribution in [3.63, 3.8) is 0 Å². The third kappa shape index (κ3) is 2.17. The largest absolute Gasteiger partial charge is 0.298 e.